The monoisotopic (exact) mass is 373 g/mol. The van der Waals surface area contributed by atoms with Gasteiger partial charge in [-0.1, -0.05) is 54.6 Å². The quantitative estimate of drug-likeness (QED) is 0.683. The van der Waals surface area contributed by atoms with Gasteiger partial charge in [-0.2, -0.15) is 0 Å². The topological polar surface area (TPSA) is 64.6 Å². The van der Waals surface area contributed by atoms with E-state index in [1.165, 1.54) is 0 Å². The van der Waals surface area contributed by atoms with E-state index in [-0.39, 0.29) is 24.5 Å². The lowest BCUT2D eigenvalue weighted by Gasteiger charge is -2.16. The molecular weight excluding hydrogens is 354 g/mol. The van der Waals surface area contributed by atoms with Gasteiger partial charge in [-0.15, -0.1) is 0 Å². The molecule has 3 aromatic rings. The average Bonchev–Trinajstić information content (AvgIpc) is 3.21. The van der Waals surface area contributed by atoms with Crippen LogP contribution in [0.25, 0.3) is 0 Å². The molecule has 1 atom stereocenters. The first-order valence-corrected chi connectivity index (χ1v) is 9.02. The molecule has 1 heterocycles. The summed E-state index contributed by atoms with van der Waals surface area (Å²) in [5.41, 5.74) is 2.17. The van der Waals surface area contributed by atoms with Crippen molar-refractivity contribution in [1.29, 1.82) is 0 Å². The summed E-state index contributed by atoms with van der Waals surface area (Å²) in [5.74, 6) is 0.881. The van der Waals surface area contributed by atoms with Crippen LogP contribution in [0.1, 0.15) is 44.8 Å². The van der Waals surface area contributed by atoms with Gasteiger partial charge in [0.05, 0.1) is 11.6 Å². The molecule has 4 rings (SSSR count). The lowest BCUT2D eigenvalue weighted by molar-refractivity contribution is 0.0929. The minimum absolute atomic E-state index is 0.179. The van der Waals surface area contributed by atoms with E-state index in [1.807, 2.05) is 31.2 Å². The van der Waals surface area contributed by atoms with Crippen LogP contribution in [-0.2, 0) is 0 Å². The molecule has 3 aromatic carbocycles. The highest BCUT2D eigenvalue weighted by Gasteiger charge is 2.21. The van der Waals surface area contributed by atoms with Crippen LogP contribution in [-0.4, -0.2) is 18.5 Å². The lowest BCUT2D eigenvalue weighted by atomic mass is 9.97. The van der Waals surface area contributed by atoms with Crippen molar-refractivity contribution >= 4 is 11.7 Å². The summed E-state index contributed by atoms with van der Waals surface area (Å²) < 4.78 is 10.7. The molecule has 1 unspecified atom stereocenters. The van der Waals surface area contributed by atoms with E-state index >= 15 is 0 Å². The van der Waals surface area contributed by atoms with Gasteiger partial charge in [0, 0.05) is 11.1 Å². The molecule has 1 N–H and O–H groups in total. The summed E-state index contributed by atoms with van der Waals surface area (Å²) in [7, 11) is 0. The smallest absolute Gasteiger partial charge is 0.252 e. The highest BCUT2D eigenvalue weighted by atomic mass is 16.7. The minimum Gasteiger partial charge on any atom is -0.454 e. The van der Waals surface area contributed by atoms with Crippen LogP contribution in [0.3, 0.4) is 0 Å². The predicted molar refractivity (Wildman–Crippen MR) is 105 cm³/mol. The predicted octanol–water partition coefficient (Wildman–Crippen LogP) is 4.14. The second kappa shape index (κ2) is 7.56. The van der Waals surface area contributed by atoms with Gasteiger partial charge >= 0.3 is 0 Å². The van der Waals surface area contributed by atoms with Gasteiger partial charge in [0.25, 0.3) is 5.91 Å². The molecule has 28 heavy (non-hydrogen) atoms. The van der Waals surface area contributed by atoms with E-state index in [1.54, 1.807) is 48.5 Å². The minimum atomic E-state index is -0.301. The van der Waals surface area contributed by atoms with Crippen LogP contribution in [0.2, 0.25) is 0 Å². The molecule has 0 saturated heterocycles. The Bertz CT molecular complexity index is 1030. The molecule has 0 spiro atoms. The van der Waals surface area contributed by atoms with Crippen molar-refractivity contribution < 1.29 is 19.1 Å². The Morgan fingerprint density at radius 2 is 1.54 bits per heavy atom. The molecule has 0 aromatic heterocycles. The summed E-state index contributed by atoms with van der Waals surface area (Å²) >= 11 is 0. The van der Waals surface area contributed by atoms with E-state index in [9.17, 15) is 9.59 Å². The zero-order valence-corrected chi connectivity index (χ0v) is 15.3. The van der Waals surface area contributed by atoms with Crippen LogP contribution < -0.4 is 14.8 Å². The zero-order chi connectivity index (χ0) is 19.5. The van der Waals surface area contributed by atoms with E-state index in [2.05, 4.69) is 5.32 Å². The fourth-order valence-corrected chi connectivity index (χ4v) is 3.16. The Hall–Kier alpha value is -3.60. The molecule has 0 bridgehead atoms. The summed E-state index contributed by atoms with van der Waals surface area (Å²) in [6, 6.07) is 21.1. The maximum Gasteiger partial charge on any atom is 0.252 e. The SMILES string of the molecule is CC(NC(=O)c1ccccc1C(=O)c1ccccc1)c1ccc2c(c1)OCO2. The largest absolute Gasteiger partial charge is 0.454 e. The highest BCUT2D eigenvalue weighted by molar-refractivity contribution is 6.15. The van der Waals surface area contributed by atoms with Crippen molar-refractivity contribution in [3.8, 4) is 11.5 Å². The van der Waals surface area contributed by atoms with E-state index in [4.69, 9.17) is 9.47 Å². The van der Waals surface area contributed by atoms with Gasteiger partial charge in [-0.05, 0) is 30.7 Å². The summed E-state index contributed by atoms with van der Waals surface area (Å²) in [5, 5.41) is 2.96. The molecule has 140 valence electrons. The Labute approximate surface area is 162 Å². The van der Waals surface area contributed by atoms with Gasteiger partial charge in [0.1, 0.15) is 0 Å². The number of fused-ring (bicyclic) bond motifs is 1. The van der Waals surface area contributed by atoms with Gasteiger partial charge in [0.15, 0.2) is 17.3 Å². The molecule has 1 aliphatic rings. The summed E-state index contributed by atoms with van der Waals surface area (Å²) in [6.45, 7) is 2.09. The number of benzene rings is 3. The fraction of sp³-hybridized carbons (Fsp3) is 0.130. The summed E-state index contributed by atoms with van der Waals surface area (Å²) in [4.78, 5) is 25.7. The van der Waals surface area contributed by atoms with Gasteiger partial charge in [0.2, 0.25) is 6.79 Å². The van der Waals surface area contributed by atoms with E-state index in [0.717, 1.165) is 5.56 Å². The summed E-state index contributed by atoms with van der Waals surface area (Å²) in [6.07, 6.45) is 0. The maximum atomic E-state index is 12.9. The van der Waals surface area contributed by atoms with Crippen molar-refractivity contribution in [2.24, 2.45) is 0 Å². The van der Waals surface area contributed by atoms with Gasteiger partial charge in [-0.25, -0.2) is 0 Å². The Balaban J connectivity index is 1.56. The van der Waals surface area contributed by atoms with Crippen molar-refractivity contribution in [1.82, 2.24) is 5.32 Å². The number of carbonyl (C=O) groups is 2. The van der Waals surface area contributed by atoms with Crippen LogP contribution in [0.4, 0.5) is 0 Å². The fourth-order valence-electron chi connectivity index (χ4n) is 3.16. The number of hydrogen-bond acceptors (Lipinski definition) is 4. The Morgan fingerprint density at radius 3 is 2.32 bits per heavy atom. The first-order valence-electron chi connectivity index (χ1n) is 9.02. The zero-order valence-electron chi connectivity index (χ0n) is 15.3. The van der Waals surface area contributed by atoms with Gasteiger partial charge in [-0.3, -0.25) is 9.59 Å². The number of amides is 1. The van der Waals surface area contributed by atoms with Crippen LogP contribution in [0.5, 0.6) is 11.5 Å². The molecule has 1 amide bonds. The van der Waals surface area contributed by atoms with Crippen LogP contribution in [0.15, 0.2) is 72.8 Å². The van der Waals surface area contributed by atoms with Crippen molar-refractivity contribution in [3.05, 3.63) is 95.1 Å². The normalized spacial score (nSPS) is 13.0. The highest BCUT2D eigenvalue weighted by Crippen LogP contribution is 2.34. The number of nitrogens with one attached hydrogen (secondary N) is 1. The standard InChI is InChI=1S/C23H19NO4/c1-15(17-11-12-20-21(13-17)28-14-27-20)24-23(26)19-10-6-5-9-18(19)22(25)16-7-3-2-4-8-16/h2-13,15H,14H2,1H3,(H,24,26). The Morgan fingerprint density at radius 1 is 0.857 bits per heavy atom. The third-order valence-corrected chi connectivity index (χ3v) is 4.70. The second-order valence-corrected chi connectivity index (χ2v) is 6.55. The van der Waals surface area contributed by atoms with E-state index < -0.39 is 0 Å². The van der Waals surface area contributed by atoms with Crippen molar-refractivity contribution in [2.45, 2.75) is 13.0 Å². The number of ether oxygens (including phenoxy) is 2. The number of carbonyl (C=O) groups excluding carboxylic acids is 2. The first-order chi connectivity index (χ1) is 13.6. The van der Waals surface area contributed by atoms with E-state index in [0.29, 0.717) is 28.2 Å². The number of rotatable bonds is 5. The molecule has 0 aliphatic carbocycles. The molecular formula is C23H19NO4. The molecule has 5 heteroatoms. The second-order valence-electron chi connectivity index (χ2n) is 6.55. The average molecular weight is 373 g/mol. The number of ketones is 1. The van der Waals surface area contributed by atoms with Crippen LogP contribution >= 0.6 is 0 Å². The molecule has 0 radical (unpaired) electrons. The molecule has 0 fully saturated rings. The maximum absolute atomic E-state index is 12.9. The molecule has 1 aliphatic heterocycles. The van der Waals surface area contributed by atoms with Crippen molar-refractivity contribution in [2.75, 3.05) is 6.79 Å². The Kier molecular flexibility index (Phi) is 4.81. The lowest BCUT2D eigenvalue weighted by Crippen LogP contribution is -2.28. The van der Waals surface area contributed by atoms with Crippen LogP contribution in [0, 0.1) is 0 Å². The molecule has 5 nitrogen and oxygen atoms in total. The molecule has 0 saturated carbocycles. The number of hydrogen-bond donors (Lipinski definition) is 1. The third-order valence-electron chi connectivity index (χ3n) is 4.70. The third kappa shape index (κ3) is 3.47. The van der Waals surface area contributed by atoms with Gasteiger partial charge < -0.3 is 14.8 Å². The van der Waals surface area contributed by atoms with Crippen molar-refractivity contribution in [3.63, 3.8) is 0 Å². The first kappa shape index (κ1) is 17.8.